The number of hydrogen-bond donors (Lipinski definition) is 2. The zero-order valence-corrected chi connectivity index (χ0v) is 22.0. The first-order valence-corrected chi connectivity index (χ1v) is 12.9. The highest BCUT2D eigenvalue weighted by Gasteiger charge is 2.48. The number of halogens is 4. The molecule has 1 saturated heterocycles. The fraction of sp³-hybridized carbons (Fsp3) is 0.250. The van der Waals surface area contributed by atoms with E-state index in [4.69, 9.17) is 11.6 Å². The first-order chi connectivity index (χ1) is 19.6. The minimum absolute atomic E-state index is 0.00652. The van der Waals surface area contributed by atoms with E-state index in [2.05, 4.69) is 15.6 Å². The van der Waals surface area contributed by atoms with Crippen LogP contribution in [-0.4, -0.2) is 47.4 Å². The molecule has 4 amide bonds. The highest BCUT2D eigenvalue weighted by atomic mass is 35.5. The zero-order chi connectivity index (χ0) is 29.3. The summed E-state index contributed by atoms with van der Waals surface area (Å²) in [7, 11) is 0. The molecule has 1 aliphatic heterocycles. The van der Waals surface area contributed by atoms with Crippen LogP contribution in [0.3, 0.4) is 0 Å². The van der Waals surface area contributed by atoms with Crippen LogP contribution in [0.4, 0.5) is 29.5 Å². The van der Waals surface area contributed by atoms with Crippen LogP contribution in [0.1, 0.15) is 30.0 Å². The van der Waals surface area contributed by atoms with Crippen LogP contribution in [0, 0.1) is 17.1 Å². The fourth-order valence-corrected chi connectivity index (χ4v) is 5.15. The molecule has 0 spiro atoms. The maximum atomic E-state index is 14.5. The number of carbonyl (C=O) groups excluding carboxylic acids is 3. The van der Waals surface area contributed by atoms with E-state index in [0.29, 0.717) is 0 Å². The fourth-order valence-electron chi connectivity index (χ4n) is 4.91. The number of rotatable bonds is 7. The number of urea groups is 1. The maximum Gasteiger partial charge on any atom is 0.323 e. The Morgan fingerprint density at radius 2 is 1.93 bits per heavy atom. The van der Waals surface area contributed by atoms with Gasteiger partial charge in [-0.2, -0.15) is 5.26 Å². The molecule has 3 aromatic rings. The minimum Gasteiger partial charge on any atom is -0.351 e. The van der Waals surface area contributed by atoms with E-state index in [1.165, 1.54) is 42.6 Å². The van der Waals surface area contributed by atoms with Crippen LogP contribution < -0.4 is 20.4 Å². The predicted octanol–water partition coefficient (Wildman–Crippen LogP) is 4.33. The van der Waals surface area contributed by atoms with Gasteiger partial charge in [-0.3, -0.25) is 19.4 Å². The Balaban J connectivity index is 1.61. The van der Waals surface area contributed by atoms with E-state index in [-0.39, 0.29) is 34.2 Å². The van der Waals surface area contributed by atoms with Gasteiger partial charge in [0, 0.05) is 47.9 Å². The van der Waals surface area contributed by atoms with Crippen molar-refractivity contribution in [3.8, 4) is 6.07 Å². The third-order valence-electron chi connectivity index (χ3n) is 6.85. The molecule has 2 aliphatic rings. The summed E-state index contributed by atoms with van der Waals surface area (Å²) in [5, 5.41) is 14.5. The lowest BCUT2D eigenvalue weighted by Gasteiger charge is -2.39. The number of nitrogens with zero attached hydrogens (tertiary/aromatic N) is 4. The van der Waals surface area contributed by atoms with Gasteiger partial charge in [0.25, 0.3) is 11.8 Å². The van der Waals surface area contributed by atoms with Gasteiger partial charge in [-0.25, -0.2) is 22.9 Å². The molecule has 5 rings (SSSR count). The van der Waals surface area contributed by atoms with E-state index in [0.717, 1.165) is 21.9 Å². The molecule has 1 saturated carbocycles. The van der Waals surface area contributed by atoms with Crippen molar-refractivity contribution in [1.29, 1.82) is 5.26 Å². The molecular weight excluding hydrogens is 561 g/mol. The molecule has 2 N–H and O–H groups in total. The van der Waals surface area contributed by atoms with E-state index in [1.807, 2.05) is 6.07 Å². The van der Waals surface area contributed by atoms with Gasteiger partial charge in [0.15, 0.2) is 0 Å². The SMILES string of the molecule is N#Cc1ccnc(N2C(=O)NC[C@H]2C(=O)N(c2cccc(F)c2)[C@H](C(=O)NC2CC(F)(F)C2)c2ccccc2Cl)c1. The van der Waals surface area contributed by atoms with E-state index in [9.17, 15) is 32.8 Å². The number of amides is 4. The summed E-state index contributed by atoms with van der Waals surface area (Å²) >= 11 is 6.47. The second kappa shape index (κ2) is 11.1. The lowest BCUT2D eigenvalue weighted by atomic mass is 9.87. The van der Waals surface area contributed by atoms with Crippen molar-refractivity contribution in [2.75, 3.05) is 16.3 Å². The van der Waals surface area contributed by atoms with Crippen LogP contribution in [-0.2, 0) is 9.59 Å². The second-order valence-corrected chi connectivity index (χ2v) is 10.1. The number of aromatic nitrogens is 1. The molecule has 0 radical (unpaired) electrons. The van der Waals surface area contributed by atoms with Crippen molar-refractivity contribution in [2.24, 2.45) is 0 Å². The van der Waals surface area contributed by atoms with Gasteiger partial charge in [0.05, 0.1) is 11.6 Å². The van der Waals surface area contributed by atoms with Gasteiger partial charge in [0.1, 0.15) is 23.7 Å². The molecular formula is C28H22ClF3N6O3. The van der Waals surface area contributed by atoms with Gasteiger partial charge in [-0.1, -0.05) is 35.9 Å². The van der Waals surface area contributed by atoms with E-state index >= 15 is 0 Å². The number of carbonyl (C=O) groups is 3. The number of nitriles is 1. The Kier molecular flexibility index (Phi) is 7.55. The normalized spacial score (nSPS) is 18.6. The Labute approximate surface area is 237 Å². The van der Waals surface area contributed by atoms with Gasteiger partial charge >= 0.3 is 6.03 Å². The molecule has 9 nitrogen and oxygen atoms in total. The average Bonchev–Trinajstić information content (AvgIpc) is 3.32. The molecule has 210 valence electrons. The van der Waals surface area contributed by atoms with Crippen LogP contribution in [0.2, 0.25) is 5.02 Å². The summed E-state index contributed by atoms with van der Waals surface area (Å²) in [4.78, 5) is 47.2. The maximum absolute atomic E-state index is 14.5. The third-order valence-corrected chi connectivity index (χ3v) is 7.19. The summed E-state index contributed by atoms with van der Waals surface area (Å²) in [6, 6.07) is 11.5. The average molecular weight is 583 g/mol. The largest absolute Gasteiger partial charge is 0.351 e. The smallest absolute Gasteiger partial charge is 0.323 e. The van der Waals surface area contributed by atoms with Crippen LogP contribution in [0.15, 0.2) is 66.9 Å². The van der Waals surface area contributed by atoms with Crippen LogP contribution in [0.5, 0.6) is 0 Å². The van der Waals surface area contributed by atoms with Crippen molar-refractivity contribution in [3.05, 3.63) is 88.8 Å². The highest BCUT2D eigenvalue weighted by molar-refractivity contribution is 6.31. The lowest BCUT2D eigenvalue weighted by molar-refractivity contribution is -0.132. The minimum atomic E-state index is -2.92. The number of benzene rings is 2. The number of pyridine rings is 1. The number of hydrogen-bond acceptors (Lipinski definition) is 5. The van der Waals surface area contributed by atoms with E-state index in [1.54, 1.807) is 12.1 Å². The molecule has 1 aliphatic carbocycles. The van der Waals surface area contributed by atoms with Crippen molar-refractivity contribution < 1.29 is 27.6 Å². The summed E-state index contributed by atoms with van der Waals surface area (Å²) in [5.41, 5.74) is 0.310. The van der Waals surface area contributed by atoms with Gasteiger partial charge < -0.3 is 10.6 Å². The molecule has 13 heteroatoms. The van der Waals surface area contributed by atoms with E-state index < -0.39 is 60.6 Å². The number of alkyl halides is 2. The molecule has 0 unspecified atom stereocenters. The molecule has 0 bridgehead atoms. The van der Waals surface area contributed by atoms with Crippen molar-refractivity contribution in [1.82, 2.24) is 15.6 Å². The summed E-state index contributed by atoms with van der Waals surface area (Å²) < 4.78 is 41.6. The van der Waals surface area contributed by atoms with Gasteiger partial charge in [-0.05, 0) is 36.4 Å². The van der Waals surface area contributed by atoms with Gasteiger partial charge in [-0.15, -0.1) is 0 Å². The van der Waals surface area contributed by atoms with Crippen molar-refractivity contribution in [2.45, 2.75) is 36.9 Å². The van der Waals surface area contributed by atoms with Crippen molar-refractivity contribution in [3.63, 3.8) is 0 Å². The number of anilines is 2. The van der Waals surface area contributed by atoms with Crippen LogP contribution >= 0.6 is 11.6 Å². The third kappa shape index (κ3) is 5.67. The molecule has 2 heterocycles. The first kappa shape index (κ1) is 27.9. The topological polar surface area (TPSA) is 118 Å². The second-order valence-electron chi connectivity index (χ2n) is 9.67. The molecule has 2 atom stereocenters. The molecule has 41 heavy (non-hydrogen) atoms. The Bertz CT molecular complexity index is 1560. The van der Waals surface area contributed by atoms with Crippen molar-refractivity contribution >= 4 is 41.0 Å². The molecule has 1 aromatic heterocycles. The number of nitrogens with one attached hydrogen (secondary N) is 2. The summed E-state index contributed by atoms with van der Waals surface area (Å²) in [5.74, 6) is -5.25. The van der Waals surface area contributed by atoms with Gasteiger partial charge in [0.2, 0.25) is 5.91 Å². The quantitative estimate of drug-likeness (QED) is 0.430. The standard InChI is InChI=1S/C28H22ClF3N6O3/c29-21-7-2-1-6-20(21)24(25(39)36-18-12-28(31,32)13-18)37(19-5-3-4-17(30)11-19)26(40)22-15-35-27(41)38(22)23-10-16(14-33)8-9-34-23/h1-11,18,22,24H,12-13,15H2,(H,35,41)(H,36,39)/t22-,24-/m0/s1. The first-order valence-electron chi connectivity index (χ1n) is 12.5. The molecule has 2 fully saturated rings. The Morgan fingerprint density at radius 3 is 2.61 bits per heavy atom. The summed E-state index contributed by atoms with van der Waals surface area (Å²) in [6.45, 7) is -0.201. The lowest BCUT2D eigenvalue weighted by Crippen LogP contribution is -2.56. The predicted molar refractivity (Wildman–Crippen MR) is 143 cm³/mol. The monoisotopic (exact) mass is 582 g/mol. The zero-order valence-electron chi connectivity index (χ0n) is 21.2. The highest BCUT2D eigenvalue weighted by Crippen LogP contribution is 2.39. The molecule has 2 aromatic carbocycles. The Morgan fingerprint density at radius 1 is 1.17 bits per heavy atom. The summed E-state index contributed by atoms with van der Waals surface area (Å²) in [6.07, 6.45) is 0.162. The Hall–Kier alpha value is -4.63. The van der Waals surface area contributed by atoms with Crippen LogP contribution in [0.25, 0.3) is 0 Å².